The first kappa shape index (κ1) is 24.9. The Morgan fingerprint density at radius 3 is 0.767 bits per heavy atom. The monoisotopic (exact) mass is 462 g/mol. The molecule has 0 amide bonds. The Morgan fingerprint density at radius 1 is 0.433 bits per heavy atom. The van der Waals surface area contributed by atoms with Gasteiger partial charge in [-0.15, -0.1) is 0 Å². The molecule has 0 aliphatic carbocycles. The van der Waals surface area contributed by atoms with Gasteiger partial charge in [-0.3, -0.25) is 19.9 Å². The summed E-state index contributed by atoms with van der Waals surface area (Å²) < 4.78 is 39.0. The second kappa shape index (κ2) is 13.2. The van der Waals surface area contributed by atoms with Crippen LogP contribution >= 0.6 is 0 Å². The minimum absolute atomic E-state index is 0. The summed E-state index contributed by atoms with van der Waals surface area (Å²) in [5.74, 6) is 0. The van der Waals surface area contributed by atoms with Crippen LogP contribution in [-0.2, 0) is 17.1 Å². The molecule has 0 aliphatic heterocycles. The Morgan fingerprint density at radius 2 is 0.633 bits per heavy atom. The maximum atomic E-state index is 9.75. The molecule has 4 nitrogen and oxygen atoms in total. The van der Waals surface area contributed by atoms with Gasteiger partial charge in [-0.2, -0.15) is 0 Å². The summed E-state index contributed by atoms with van der Waals surface area (Å²) in [5, 5.41) is 0. The second-order valence-electron chi connectivity index (χ2n) is 5.35. The Labute approximate surface area is 182 Å². The Balaban J connectivity index is 0.000000241. The molecule has 0 radical (unpaired) electrons. The summed E-state index contributed by atoms with van der Waals surface area (Å²) in [4.78, 5) is 16.7. The van der Waals surface area contributed by atoms with Gasteiger partial charge in [-0.1, -0.05) is 24.3 Å². The third-order valence-corrected chi connectivity index (χ3v) is 3.18. The molecule has 10 heteroatoms. The van der Waals surface area contributed by atoms with Crippen molar-refractivity contribution in [2.45, 2.75) is 0 Å². The van der Waals surface area contributed by atoms with Crippen molar-refractivity contribution in [2.24, 2.45) is 0 Å². The number of nitrogens with zero attached hydrogens (tertiary/aromatic N) is 4. The van der Waals surface area contributed by atoms with E-state index in [1.54, 1.807) is 24.8 Å². The van der Waals surface area contributed by atoms with Crippen LogP contribution in [0.25, 0.3) is 22.8 Å². The van der Waals surface area contributed by atoms with E-state index in [4.69, 9.17) is 0 Å². The summed E-state index contributed by atoms with van der Waals surface area (Å²) in [7, 11) is -6.00. The number of halogens is 4. The van der Waals surface area contributed by atoms with Crippen LogP contribution in [0.2, 0.25) is 0 Å². The van der Waals surface area contributed by atoms with Crippen molar-refractivity contribution in [3.63, 3.8) is 0 Å². The molecular weight excluding hydrogens is 447 g/mol. The first-order valence-corrected chi connectivity index (χ1v) is 8.45. The van der Waals surface area contributed by atoms with Crippen LogP contribution in [0.3, 0.4) is 0 Å². The van der Waals surface area contributed by atoms with Gasteiger partial charge in [0.2, 0.25) is 0 Å². The van der Waals surface area contributed by atoms with E-state index in [-0.39, 0.29) is 17.1 Å². The van der Waals surface area contributed by atoms with Gasteiger partial charge in [-0.25, -0.2) is 0 Å². The molecular formula is C20H16BCuF4N4. The van der Waals surface area contributed by atoms with Crippen molar-refractivity contribution in [1.82, 2.24) is 19.9 Å². The number of pyridine rings is 4. The number of rotatable bonds is 2. The minimum Gasteiger partial charge on any atom is -0.418 e. The second-order valence-corrected chi connectivity index (χ2v) is 5.35. The fourth-order valence-corrected chi connectivity index (χ4v) is 2.06. The van der Waals surface area contributed by atoms with Crippen LogP contribution in [0.1, 0.15) is 0 Å². The normalized spacial score (nSPS) is 9.73. The van der Waals surface area contributed by atoms with Crippen molar-refractivity contribution >= 4 is 7.25 Å². The average Bonchev–Trinajstić information content (AvgIpc) is 2.76. The van der Waals surface area contributed by atoms with E-state index in [1.165, 1.54) is 0 Å². The van der Waals surface area contributed by atoms with Crippen LogP contribution in [-0.4, -0.2) is 27.2 Å². The molecule has 0 N–H and O–H groups in total. The number of hydrogen-bond donors (Lipinski definition) is 0. The first-order valence-electron chi connectivity index (χ1n) is 8.45. The number of aromatic nitrogens is 4. The molecule has 4 rings (SSSR count). The van der Waals surface area contributed by atoms with E-state index < -0.39 is 7.25 Å². The van der Waals surface area contributed by atoms with Crippen LogP contribution < -0.4 is 0 Å². The van der Waals surface area contributed by atoms with E-state index in [0.29, 0.717) is 0 Å². The Kier molecular flexibility index (Phi) is 11.0. The molecule has 0 unspecified atom stereocenters. The van der Waals surface area contributed by atoms with E-state index in [2.05, 4.69) is 19.9 Å². The van der Waals surface area contributed by atoms with Crippen molar-refractivity contribution in [3.05, 3.63) is 97.6 Å². The standard InChI is InChI=1S/2C10H8N2.BF4.Cu/c2*1-3-7-11-9(5-1)10-6-2-4-8-12-10;2-1(3,4)5;/h2*1-8H;;/q;;-1;+1. The number of hydrogen-bond acceptors (Lipinski definition) is 4. The zero-order chi connectivity index (χ0) is 21.0. The molecule has 0 saturated carbocycles. The molecule has 4 aromatic rings. The van der Waals surface area contributed by atoms with Gasteiger partial charge in [-0.05, 0) is 48.5 Å². The molecule has 0 atom stereocenters. The van der Waals surface area contributed by atoms with Crippen LogP contribution in [0.15, 0.2) is 97.6 Å². The summed E-state index contributed by atoms with van der Waals surface area (Å²) in [6.45, 7) is 0. The minimum atomic E-state index is -6.00. The third-order valence-electron chi connectivity index (χ3n) is 3.18. The molecule has 0 fully saturated rings. The topological polar surface area (TPSA) is 51.6 Å². The van der Waals surface area contributed by atoms with E-state index in [9.17, 15) is 17.3 Å². The molecule has 0 bridgehead atoms. The van der Waals surface area contributed by atoms with Gasteiger partial charge >= 0.3 is 24.3 Å². The van der Waals surface area contributed by atoms with E-state index in [1.807, 2.05) is 72.8 Å². The SMILES string of the molecule is F[B-](F)(F)F.[Cu+].c1ccc(-c2ccccn2)nc1.c1ccc(-c2ccccn2)nc1. The summed E-state index contributed by atoms with van der Waals surface area (Å²) in [5.41, 5.74) is 3.66. The fourth-order valence-electron chi connectivity index (χ4n) is 2.06. The van der Waals surface area contributed by atoms with Gasteiger partial charge in [0.1, 0.15) is 0 Å². The molecule has 4 aromatic heterocycles. The molecule has 0 aliphatic rings. The van der Waals surface area contributed by atoms with Gasteiger partial charge in [0, 0.05) is 24.8 Å². The Bertz CT molecular complexity index is 792. The maximum Gasteiger partial charge on any atom is 1.00 e. The van der Waals surface area contributed by atoms with Crippen LogP contribution in [0.5, 0.6) is 0 Å². The van der Waals surface area contributed by atoms with Crippen LogP contribution in [0, 0.1) is 0 Å². The molecule has 0 saturated heterocycles. The maximum absolute atomic E-state index is 9.75. The first-order chi connectivity index (χ1) is 13.9. The molecule has 0 aromatic carbocycles. The fraction of sp³-hybridized carbons (Fsp3) is 0. The van der Waals surface area contributed by atoms with Crippen molar-refractivity contribution in [1.29, 1.82) is 0 Å². The van der Waals surface area contributed by atoms with Gasteiger partial charge in [0.15, 0.2) is 0 Å². The van der Waals surface area contributed by atoms with E-state index in [0.717, 1.165) is 22.8 Å². The molecule has 4 heterocycles. The van der Waals surface area contributed by atoms with Crippen LogP contribution in [0.4, 0.5) is 17.3 Å². The largest absolute Gasteiger partial charge is 1.00 e. The van der Waals surface area contributed by atoms with Gasteiger partial charge in [0.05, 0.1) is 22.8 Å². The zero-order valence-corrected chi connectivity index (χ0v) is 16.4. The van der Waals surface area contributed by atoms with Gasteiger partial charge in [0.25, 0.3) is 0 Å². The predicted octanol–water partition coefficient (Wildman–Crippen LogP) is 5.58. The quantitative estimate of drug-likeness (QED) is 0.288. The summed E-state index contributed by atoms with van der Waals surface area (Å²) in [6, 6.07) is 23.2. The smallest absolute Gasteiger partial charge is 0.418 e. The molecule has 158 valence electrons. The summed E-state index contributed by atoms with van der Waals surface area (Å²) >= 11 is 0. The zero-order valence-electron chi connectivity index (χ0n) is 15.4. The van der Waals surface area contributed by atoms with Crippen molar-refractivity contribution < 1.29 is 34.3 Å². The molecule has 0 spiro atoms. The average molecular weight is 463 g/mol. The van der Waals surface area contributed by atoms with E-state index >= 15 is 0 Å². The molecule has 30 heavy (non-hydrogen) atoms. The third kappa shape index (κ3) is 10.4. The predicted molar refractivity (Wildman–Crippen MR) is 105 cm³/mol. The van der Waals surface area contributed by atoms with Gasteiger partial charge < -0.3 is 17.3 Å². The van der Waals surface area contributed by atoms with Crippen molar-refractivity contribution in [2.75, 3.05) is 0 Å². The summed E-state index contributed by atoms with van der Waals surface area (Å²) in [6.07, 6.45) is 7.07. The Hall–Kier alpha value is -3.10. The van der Waals surface area contributed by atoms with Crippen molar-refractivity contribution in [3.8, 4) is 22.8 Å².